The molecule has 0 aromatic heterocycles. The molecule has 0 spiro atoms. The maximum absolute atomic E-state index is 12.9. The summed E-state index contributed by atoms with van der Waals surface area (Å²) in [5.41, 5.74) is 6.73. The minimum atomic E-state index is -1.61. The molecule has 0 saturated carbocycles. The van der Waals surface area contributed by atoms with Gasteiger partial charge in [0.15, 0.2) is 17.3 Å². The number of Topliss-reactive ketones (excluding diaryl/α,β-unsaturated/α-hetero) is 1. The predicted molar refractivity (Wildman–Crippen MR) is 119 cm³/mol. The van der Waals surface area contributed by atoms with Gasteiger partial charge in [-0.1, -0.05) is 12.1 Å². The van der Waals surface area contributed by atoms with Gasteiger partial charge in [0.2, 0.25) is 5.91 Å². The number of phenols is 1. The van der Waals surface area contributed by atoms with Gasteiger partial charge in [-0.15, -0.1) is 0 Å². The van der Waals surface area contributed by atoms with E-state index in [-0.39, 0.29) is 11.3 Å². The topological polar surface area (TPSA) is 134 Å². The van der Waals surface area contributed by atoms with Crippen LogP contribution in [0.15, 0.2) is 24.3 Å². The number of ether oxygens (including phenoxy) is 1. The Morgan fingerprint density at radius 1 is 1.09 bits per heavy atom. The average molecular weight is 451 g/mol. The Bertz CT molecular complexity index is 1220. The molecule has 0 saturated heterocycles. The van der Waals surface area contributed by atoms with E-state index in [1.165, 1.54) is 6.07 Å². The number of nitrogens with one attached hydrogen (secondary N) is 3. The van der Waals surface area contributed by atoms with Crippen LogP contribution in [0.4, 0.5) is 5.69 Å². The van der Waals surface area contributed by atoms with Gasteiger partial charge < -0.3 is 15.2 Å². The van der Waals surface area contributed by atoms with Crippen molar-refractivity contribution in [2.45, 2.75) is 46.1 Å². The van der Waals surface area contributed by atoms with Gasteiger partial charge >= 0.3 is 0 Å². The molecule has 33 heavy (non-hydrogen) atoms. The first kappa shape index (κ1) is 22.3. The summed E-state index contributed by atoms with van der Waals surface area (Å²) in [6.07, 6.45) is 0.800. The number of hydrogen-bond donors (Lipinski definition) is 4. The molecule has 0 aliphatic carbocycles. The van der Waals surface area contributed by atoms with Crippen molar-refractivity contribution in [3.05, 3.63) is 52.1 Å². The first-order valence-electron chi connectivity index (χ1n) is 10.6. The van der Waals surface area contributed by atoms with Crippen LogP contribution < -0.4 is 20.9 Å². The summed E-state index contributed by atoms with van der Waals surface area (Å²) in [7, 11) is 0. The number of ketones is 1. The summed E-state index contributed by atoms with van der Waals surface area (Å²) < 4.78 is 6.07. The van der Waals surface area contributed by atoms with Crippen molar-refractivity contribution in [3.63, 3.8) is 0 Å². The monoisotopic (exact) mass is 451 g/mol. The van der Waals surface area contributed by atoms with Crippen LogP contribution in [0.3, 0.4) is 0 Å². The third-order valence-electron chi connectivity index (χ3n) is 6.54. The van der Waals surface area contributed by atoms with E-state index in [1.54, 1.807) is 39.0 Å². The Morgan fingerprint density at radius 2 is 1.79 bits per heavy atom. The largest absolute Gasteiger partial charge is 0.507 e. The SMILES string of the molecule is Cc1c(C)c2c(c(C)c1O)CCC(C)(C(=O)NNC(=O)C1C(=O)Nc3ccccc3C1=O)O2. The lowest BCUT2D eigenvalue weighted by Gasteiger charge is -2.36. The highest BCUT2D eigenvalue weighted by Crippen LogP contribution is 2.43. The first-order chi connectivity index (χ1) is 15.5. The quantitative estimate of drug-likeness (QED) is 0.408. The molecule has 9 nitrogen and oxygen atoms in total. The molecule has 0 radical (unpaired) electrons. The highest BCUT2D eigenvalue weighted by Gasteiger charge is 2.43. The fourth-order valence-corrected chi connectivity index (χ4v) is 4.25. The summed E-state index contributed by atoms with van der Waals surface area (Å²) in [5.74, 6) is -3.82. The van der Waals surface area contributed by atoms with Crippen molar-refractivity contribution in [1.29, 1.82) is 0 Å². The Labute approximate surface area is 190 Å². The Balaban J connectivity index is 1.48. The lowest BCUT2D eigenvalue weighted by atomic mass is 9.87. The number of hydrogen-bond acceptors (Lipinski definition) is 6. The smallest absolute Gasteiger partial charge is 0.282 e. The van der Waals surface area contributed by atoms with Crippen molar-refractivity contribution in [2.24, 2.45) is 5.92 Å². The minimum Gasteiger partial charge on any atom is -0.507 e. The summed E-state index contributed by atoms with van der Waals surface area (Å²) in [5, 5.41) is 12.8. The van der Waals surface area contributed by atoms with E-state index in [0.717, 1.165) is 11.1 Å². The number of phenolic OH excluding ortho intramolecular Hbond substituents is 1. The van der Waals surface area contributed by atoms with Crippen molar-refractivity contribution in [2.75, 3.05) is 5.32 Å². The molecule has 172 valence electrons. The molecule has 0 fully saturated rings. The number of anilines is 1. The highest BCUT2D eigenvalue weighted by atomic mass is 16.5. The number of carbonyl (C=O) groups is 4. The van der Waals surface area contributed by atoms with E-state index in [4.69, 9.17) is 4.74 Å². The van der Waals surface area contributed by atoms with E-state index in [9.17, 15) is 24.3 Å². The number of hydrazine groups is 1. The Hall–Kier alpha value is -3.88. The minimum absolute atomic E-state index is 0.215. The molecule has 4 rings (SSSR count). The molecular formula is C24H25N3O6. The number of rotatable bonds is 2. The normalized spacial score (nSPS) is 21.3. The fourth-order valence-electron chi connectivity index (χ4n) is 4.25. The molecule has 2 aromatic carbocycles. The van der Waals surface area contributed by atoms with E-state index >= 15 is 0 Å². The van der Waals surface area contributed by atoms with Gasteiger partial charge in [0, 0.05) is 17.5 Å². The summed E-state index contributed by atoms with van der Waals surface area (Å²) in [6, 6.07) is 6.40. The zero-order valence-electron chi connectivity index (χ0n) is 18.8. The molecule has 0 bridgehead atoms. The number of para-hydroxylation sites is 1. The number of benzene rings is 2. The second kappa shape index (κ2) is 7.91. The number of fused-ring (bicyclic) bond motifs is 2. The standard InChI is InChI=1S/C24H25N3O6/c1-11-12(2)20-14(13(3)18(11)28)9-10-24(4,33-20)23(32)27-26-22(31)17-19(29)15-7-5-6-8-16(15)25-21(17)30/h5-8,17,28H,9-10H2,1-4H3,(H,25,30)(H,26,31)(H,27,32). The number of amides is 3. The van der Waals surface area contributed by atoms with Crippen LogP contribution in [0.25, 0.3) is 0 Å². The zero-order valence-corrected chi connectivity index (χ0v) is 18.8. The molecule has 9 heteroatoms. The first-order valence-corrected chi connectivity index (χ1v) is 10.6. The van der Waals surface area contributed by atoms with E-state index < -0.39 is 35.0 Å². The lowest BCUT2D eigenvalue weighted by Crippen LogP contribution is -2.58. The van der Waals surface area contributed by atoms with Crippen LogP contribution in [0.2, 0.25) is 0 Å². The van der Waals surface area contributed by atoms with E-state index in [1.807, 2.05) is 6.92 Å². The van der Waals surface area contributed by atoms with Crippen molar-refractivity contribution in [1.82, 2.24) is 10.9 Å². The summed E-state index contributed by atoms with van der Waals surface area (Å²) >= 11 is 0. The molecule has 2 heterocycles. The Morgan fingerprint density at radius 3 is 2.52 bits per heavy atom. The number of carbonyl (C=O) groups excluding carboxylic acids is 4. The molecule has 2 aliphatic rings. The van der Waals surface area contributed by atoms with Gasteiger partial charge in [0.25, 0.3) is 11.8 Å². The van der Waals surface area contributed by atoms with Crippen LogP contribution in [-0.2, 0) is 20.8 Å². The van der Waals surface area contributed by atoms with Gasteiger partial charge in [0.05, 0.1) is 5.69 Å². The predicted octanol–water partition coefficient (Wildman–Crippen LogP) is 2.00. The van der Waals surface area contributed by atoms with Gasteiger partial charge in [0.1, 0.15) is 11.5 Å². The van der Waals surface area contributed by atoms with Crippen molar-refractivity contribution < 1.29 is 29.0 Å². The van der Waals surface area contributed by atoms with Crippen LogP contribution in [0.5, 0.6) is 11.5 Å². The molecule has 2 atom stereocenters. The molecule has 2 aromatic rings. The lowest BCUT2D eigenvalue weighted by molar-refractivity contribution is -0.142. The van der Waals surface area contributed by atoms with Crippen molar-refractivity contribution in [3.8, 4) is 11.5 Å². The van der Waals surface area contributed by atoms with Crippen LogP contribution in [0.1, 0.15) is 46.0 Å². The fraction of sp³-hybridized carbons (Fsp3) is 0.333. The maximum Gasteiger partial charge on any atom is 0.282 e. The van der Waals surface area contributed by atoms with Crippen LogP contribution >= 0.6 is 0 Å². The average Bonchev–Trinajstić information content (AvgIpc) is 2.79. The third-order valence-corrected chi connectivity index (χ3v) is 6.54. The van der Waals surface area contributed by atoms with E-state index in [2.05, 4.69) is 16.2 Å². The second-order valence-electron chi connectivity index (χ2n) is 8.64. The van der Waals surface area contributed by atoms with Gasteiger partial charge in [-0.05, 0) is 62.9 Å². The molecule has 2 aliphatic heterocycles. The third kappa shape index (κ3) is 3.59. The van der Waals surface area contributed by atoms with Gasteiger partial charge in [-0.3, -0.25) is 30.0 Å². The zero-order chi connectivity index (χ0) is 24.1. The molecule has 4 N–H and O–H groups in total. The van der Waals surface area contributed by atoms with E-state index in [0.29, 0.717) is 35.4 Å². The summed E-state index contributed by atoms with van der Waals surface area (Å²) in [6.45, 7) is 6.99. The maximum atomic E-state index is 12.9. The number of aromatic hydroxyl groups is 1. The van der Waals surface area contributed by atoms with Gasteiger partial charge in [-0.2, -0.15) is 0 Å². The van der Waals surface area contributed by atoms with Crippen LogP contribution in [0, 0.1) is 26.7 Å². The van der Waals surface area contributed by atoms with Crippen LogP contribution in [-0.4, -0.2) is 34.2 Å². The van der Waals surface area contributed by atoms with Crippen molar-refractivity contribution >= 4 is 29.2 Å². The Kier molecular flexibility index (Phi) is 5.35. The van der Waals surface area contributed by atoms with Gasteiger partial charge in [-0.25, -0.2) is 0 Å². The molecular weight excluding hydrogens is 426 g/mol. The second-order valence-corrected chi connectivity index (χ2v) is 8.64. The highest BCUT2D eigenvalue weighted by molar-refractivity contribution is 6.30. The molecule has 3 amide bonds. The molecule has 2 unspecified atom stereocenters. The summed E-state index contributed by atoms with van der Waals surface area (Å²) in [4.78, 5) is 50.6.